The van der Waals surface area contributed by atoms with Crippen LogP contribution in [0.3, 0.4) is 0 Å². The van der Waals surface area contributed by atoms with Crippen molar-refractivity contribution in [2.75, 3.05) is 19.4 Å². The van der Waals surface area contributed by atoms with E-state index in [4.69, 9.17) is 10.5 Å². The van der Waals surface area contributed by atoms with E-state index in [-0.39, 0.29) is 0 Å². The Bertz CT molecular complexity index is 554. The summed E-state index contributed by atoms with van der Waals surface area (Å²) < 4.78 is 5.34. The predicted molar refractivity (Wildman–Crippen MR) is 86.0 cm³/mol. The van der Waals surface area contributed by atoms with Crippen molar-refractivity contribution < 1.29 is 4.74 Å². The van der Waals surface area contributed by atoms with Crippen molar-refractivity contribution in [2.45, 2.75) is 26.4 Å². The number of nitrogen functional groups attached to an aromatic ring is 1. The maximum Gasteiger partial charge on any atom is 0.217 e. The third kappa shape index (κ3) is 4.46. The third-order valence-corrected chi connectivity index (χ3v) is 3.36. The topological polar surface area (TPSA) is 51.4 Å². The number of hydrogen-bond acceptors (Lipinski definition) is 4. The Balaban J connectivity index is 2.09. The van der Waals surface area contributed by atoms with E-state index in [0.29, 0.717) is 5.88 Å². The summed E-state index contributed by atoms with van der Waals surface area (Å²) in [5.74, 6) is 0.705. The molecule has 0 radical (unpaired) electrons. The van der Waals surface area contributed by atoms with Crippen molar-refractivity contribution in [1.82, 2.24) is 9.88 Å². The summed E-state index contributed by atoms with van der Waals surface area (Å²) in [4.78, 5) is 6.66. The van der Waals surface area contributed by atoms with Gasteiger partial charge in [0.2, 0.25) is 5.88 Å². The predicted octanol–water partition coefficient (Wildman–Crippen LogP) is 3.08. The maximum absolute atomic E-state index is 5.74. The molecule has 0 atom stereocenters. The molecule has 21 heavy (non-hydrogen) atoms. The molecular formula is C17H23N3O. The van der Waals surface area contributed by atoms with E-state index in [1.54, 1.807) is 13.3 Å². The first-order chi connectivity index (χ1) is 10.2. The van der Waals surface area contributed by atoms with Crippen molar-refractivity contribution in [3.05, 3.63) is 53.7 Å². The van der Waals surface area contributed by atoms with Gasteiger partial charge in [-0.05, 0) is 36.7 Å². The molecule has 2 rings (SSSR count). The summed E-state index contributed by atoms with van der Waals surface area (Å²) in [5.41, 5.74) is 8.92. The highest BCUT2D eigenvalue weighted by Gasteiger charge is 2.10. The lowest BCUT2D eigenvalue weighted by Gasteiger charge is -2.22. The second-order valence-electron chi connectivity index (χ2n) is 5.12. The first-order valence-corrected chi connectivity index (χ1v) is 7.27. The summed E-state index contributed by atoms with van der Waals surface area (Å²) in [7, 11) is 1.66. The standard InChI is InChI=1S/C17H23N3O/c1-3-11-20(12-14-6-8-16(18)9-7-14)13-15-5-4-10-19-17(15)21-2/h4-10H,3,11-13,18H2,1-2H3. The van der Waals surface area contributed by atoms with Crippen LogP contribution in [-0.4, -0.2) is 23.5 Å². The highest BCUT2D eigenvalue weighted by atomic mass is 16.5. The van der Waals surface area contributed by atoms with Gasteiger partial charge in [-0.1, -0.05) is 25.1 Å². The van der Waals surface area contributed by atoms with Gasteiger partial charge in [0.05, 0.1) is 7.11 Å². The molecule has 0 aliphatic rings. The van der Waals surface area contributed by atoms with Crippen LogP contribution in [0, 0.1) is 0 Å². The van der Waals surface area contributed by atoms with Crippen LogP contribution in [0.2, 0.25) is 0 Å². The van der Waals surface area contributed by atoms with Crippen molar-refractivity contribution in [2.24, 2.45) is 0 Å². The van der Waals surface area contributed by atoms with Gasteiger partial charge in [0.1, 0.15) is 0 Å². The molecule has 1 heterocycles. The van der Waals surface area contributed by atoms with Crippen LogP contribution in [0.1, 0.15) is 24.5 Å². The van der Waals surface area contributed by atoms with Crippen LogP contribution in [-0.2, 0) is 13.1 Å². The Kier molecular flexibility index (Phi) is 5.58. The van der Waals surface area contributed by atoms with Crippen molar-refractivity contribution in [1.29, 1.82) is 0 Å². The summed E-state index contributed by atoms with van der Waals surface area (Å²) in [6.07, 6.45) is 2.87. The molecule has 4 heteroatoms. The smallest absolute Gasteiger partial charge is 0.217 e. The van der Waals surface area contributed by atoms with E-state index in [0.717, 1.165) is 37.3 Å². The fourth-order valence-electron chi connectivity index (χ4n) is 2.38. The second kappa shape index (κ2) is 7.64. The Morgan fingerprint density at radius 2 is 1.90 bits per heavy atom. The Morgan fingerprint density at radius 1 is 1.14 bits per heavy atom. The monoisotopic (exact) mass is 285 g/mol. The molecule has 0 saturated carbocycles. The average molecular weight is 285 g/mol. The maximum atomic E-state index is 5.74. The molecule has 4 nitrogen and oxygen atoms in total. The van der Waals surface area contributed by atoms with E-state index in [1.165, 1.54) is 5.56 Å². The van der Waals surface area contributed by atoms with Gasteiger partial charge in [0.15, 0.2) is 0 Å². The first-order valence-electron chi connectivity index (χ1n) is 7.27. The minimum absolute atomic E-state index is 0.705. The van der Waals surface area contributed by atoms with Gasteiger partial charge >= 0.3 is 0 Å². The van der Waals surface area contributed by atoms with E-state index >= 15 is 0 Å². The highest BCUT2D eigenvalue weighted by Crippen LogP contribution is 2.18. The minimum atomic E-state index is 0.705. The van der Waals surface area contributed by atoms with E-state index in [2.05, 4.69) is 35.0 Å². The third-order valence-electron chi connectivity index (χ3n) is 3.36. The molecule has 0 aliphatic carbocycles. The molecule has 2 aromatic rings. The van der Waals surface area contributed by atoms with Crippen LogP contribution in [0.4, 0.5) is 5.69 Å². The van der Waals surface area contributed by atoms with Crippen molar-refractivity contribution in [3.8, 4) is 5.88 Å². The number of benzene rings is 1. The zero-order chi connectivity index (χ0) is 15.1. The van der Waals surface area contributed by atoms with Gasteiger partial charge in [-0.25, -0.2) is 4.98 Å². The number of nitrogens with two attached hydrogens (primary N) is 1. The summed E-state index contributed by atoms with van der Waals surface area (Å²) in [5, 5.41) is 0. The van der Waals surface area contributed by atoms with Crippen LogP contribution >= 0.6 is 0 Å². The number of aromatic nitrogens is 1. The van der Waals surface area contributed by atoms with Gasteiger partial charge in [-0.3, -0.25) is 4.90 Å². The Hall–Kier alpha value is -2.07. The van der Waals surface area contributed by atoms with Crippen LogP contribution < -0.4 is 10.5 Å². The van der Waals surface area contributed by atoms with Gasteiger partial charge in [0.25, 0.3) is 0 Å². The first kappa shape index (κ1) is 15.3. The number of ether oxygens (including phenoxy) is 1. The lowest BCUT2D eigenvalue weighted by atomic mass is 10.1. The van der Waals surface area contributed by atoms with Gasteiger partial charge < -0.3 is 10.5 Å². The second-order valence-corrected chi connectivity index (χ2v) is 5.12. The molecular weight excluding hydrogens is 262 g/mol. The van der Waals surface area contributed by atoms with E-state index < -0.39 is 0 Å². The molecule has 1 aromatic carbocycles. The fraction of sp³-hybridized carbons (Fsp3) is 0.353. The SMILES string of the molecule is CCCN(Cc1ccc(N)cc1)Cc1cccnc1OC. The number of anilines is 1. The lowest BCUT2D eigenvalue weighted by Crippen LogP contribution is -2.24. The van der Waals surface area contributed by atoms with Crippen LogP contribution in [0.25, 0.3) is 0 Å². The fourth-order valence-corrected chi connectivity index (χ4v) is 2.38. The van der Waals surface area contributed by atoms with Crippen molar-refractivity contribution in [3.63, 3.8) is 0 Å². The summed E-state index contributed by atoms with van der Waals surface area (Å²) >= 11 is 0. The highest BCUT2D eigenvalue weighted by molar-refractivity contribution is 5.39. The molecule has 1 aromatic heterocycles. The summed E-state index contributed by atoms with van der Waals surface area (Å²) in [6.45, 7) is 4.94. The number of rotatable bonds is 7. The Labute approximate surface area is 126 Å². The number of hydrogen-bond donors (Lipinski definition) is 1. The molecule has 0 bridgehead atoms. The van der Waals surface area contributed by atoms with Crippen LogP contribution in [0.5, 0.6) is 5.88 Å². The molecule has 0 amide bonds. The zero-order valence-electron chi connectivity index (χ0n) is 12.7. The number of methoxy groups -OCH3 is 1. The molecule has 0 spiro atoms. The largest absolute Gasteiger partial charge is 0.481 e. The molecule has 0 fully saturated rings. The molecule has 0 unspecified atom stereocenters. The number of nitrogens with zero attached hydrogens (tertiary/aromatic N) is 2. The van der Waals surface area contributed by atoms with E-state index in [1.807, 2.05) is 18.2 Å². The van der Waals surface area contributed by atoms with Gasteiger partial charge in [-0.15, -0.1) is 0 Å². The van der Waals surface area contributed by atoms with Crippen LogP contribution in [0.15, 0.2) is 42.6 Å². The minimum Gasteiger partial charge on any atom is -0.481 e. The normalized spacial score (nSPS) is 10.8. The Morgan fingerprint density at radius 3 is 2.57 bits per heavy atom. The average Bonchev–Trinajstić information content (AvgIpc) is 2.50. The molecule has 0 aliphatic heterocycles. The summed E-state index contributed by atoms with van der Waals surface area (Å²) in [6, 6.07) is 12.1. The molecule has 112 valence electrons. The zero-order valence-corrected chi connectivity index (χ0v) is 12.7. The van der Waals surface area contributed by atoms with Crippen molar-refractivity contribution >= 4 is 5.69 Å². The van der Waals surface area contributed by atoms with Gasteiger partial charge in [-0.2, -0.15) is 0 Å². The lowest BCUT2D eigenvalue weighted by molar-refractivity contribution is 0.251. The van der Waals surface area contributed by atoms with Gasteiger partial charge in [0, 0.05) is 30.5 Å². The molecule has 2 N–H and O–H groups in total. The van der Waals surface area contributed by atoms with E-state index in [9.17, 15) is 0 Å². The number of pyridine rings is 1. The quantitative estimate of drug-likeness (QED) is 0.794. The molecule has 0 saturated heterocycles.